The van der Waals surface area contributed by atoms with Crippen LogP contribution in [0.25, 0.3) is 0 Å². The molecule has 1 heterocycles. The van der Waals surface area contributed by atoms with Crippen molar-refractivity contribution in [2.75, 3.05) is 6.61 Å². The summed E-state index contributed by atoms with van der Waals surface area (Å²) in [5, 5.41) is 4.43. The van der Waals surface area contributed by atoms with Crippen LogP contribution >= 0.6 is 0 Å². The highest BCUT2D eigenvalue weighted by atomic mass is 32.2. The molecule has 4 nitrogen and oxygen atoms in total. The fraction of sp³-hybridized carbons (Fsp3) is 1.00. The van der Waals surface area contributed by atoms with Crippen LogP contribution in [0, 0.1) is 0 Å². The summed E-state index contributed by atoms with van der Waals surface area (Å²) in [5.41, 5.74) is 0. The van der Waals surface area contributed by atoms with E-state index in [1.165, 1.54) is 0 Å². The standard InChI is InChI=1S/C5H11NO3S/c1-4-5(2-3-9-4)10(6,7)8/h4-5H,2-3H2,1H3,(H2,6,7,8)/t4-,5-/m0/s1. The number of hydrogen-bond donors (Lipinski definition) is 1. The van der Waals surface area contributed by atoms with Crippen LogP contribution < -0.4 is 5.14 Å². The molecule has 0 aromatic heterocycles. The van der Waals surface area contributed by atoms with Crippen LogP contribution in [-0.4, -0.2) is 26.4 Å². The molecular weight excluding hydrogens is 154 g/mol. The molecule has 1 rings (SSSR count). The molecule has 2 N–H and O–H groups in total. The molecule has 60 valence electrons. The molecule has 1 aliphatic heterocycles. The third kappa shape index (κ3) is 1.47. The van der Waals surface area contributed by atoms with Crippen molar-refractivity contribution in [3.8, 4) is 0 Å². The first-order valence-electron chi connectivity index (χ1n) is 3.15. The summed E-state index contributed by atoms with van der Waals surface area (Å²) in [6.07, 6.45) is 0.287. The lowest BCUT2D eigenvalue weighted by atomic mass is 10.3. The van der Waals surface area contributed by atoms with Gasteiger partial charge in [-0.3, -0.25) is 0 Å². The predicted molar refractivity (Wildman–Crippen MR) is 36.9 cm³/mol. The largest absolute Gasteiger partial charge is 0.377 e. The molecule has 0 spiro atoms. The highest BCUT2D eigenvalue weighted by Crippen LogP contribution is 2.18. The minimum Gasteiger partial charge on any atom is -0.377 e. The molecule has 5 heteroatoms. The molecule has 0 aliphatic carbocycles. The average molecular weight is 165 g/mol. The Hall–Kier alpha value is -0.130. The summed E-state index contributed by atoms with van der Waals surface area (Å²) < 4.78 is 26.5. The zero-order valence-electron chi connectivity index (χ0n) is 5.78. The van der Waals surface area contributed by atoms with Crippen molar-refractivity contribution in [1.82, 2.24) is 0 Å². The maximum absolute atomic E-state index is 10.7. The van der Waals surface area contributed by atoms with E-state index in [-0.39, 0.29) is 6.10 Å². The van der Waals surface area contributed by atoms with Crippen LogP contribution in [0.4, 0.5) is 0 Å². The average Bonchev–Trinajstić information content (AvgIpc) is 2.11. The SMILES string of the molecule is C[C@@H]1OCC[C@@H]1S(N)(=O)=O. The van der Waals surface area contributed by atoms with E-state index in [4.69, 9.17) is 9.88 Å². The van der Waals surface area contributed by atoms with E-state index in [2.05, 4.69) is 0 Å². The monoisotopic (exact) mass is 165 g/mol. The summed E-state index contributed by atoms with van der Waals surface area (Å²) in [4.78, 5) is 0. The topological polar surface area (TPSA) is 69.4 Å². The zero-order valence-corrected chi connectivity index (χ0v) is 6.60. The van der Waals surface area contributed by atoms with Crippen LogP contribution in [0.1, 0.15) is 13.3 Å². The normalized spacial score (nSPS) is 34.6. The first-order chi connectivity index (χ1) is 4.52. The number of hydrogen-bond acceptors (Lipinski definition) is 3. The first kappa shape index (κ1) is 7.97. The van der Waals surface area contributed by atoms with Gasteiger partial charge in [0, 0.05) is 6.61 Å². The van der Waals surface area contributed by atoms with Gasteiger partial charge in [-0.05, 0) is 13.3 Å². The summed E-state index contributed by atoms with van der Waals surface area (Å²) >= 11 is 0. The van der Waals surface area contributed by atoms with Crippen LogP contribution in [0.5, 0.6) is 0 Å². The van der Waals surface area contributed by atoms with Gasteiger partial charge in [-0.25, -0.2) is 13.6 Å². The Morgan fingerprint density at radius 2 is 2.20 bits per heavy atom. The van der Waals surface area contributed by atoms with E-state index in [9.17, 15) is 8.42 Å². The van der Waals surface area contributed by atoms with Gasteiger partial charge in [-0.15, -0.1) is 0 Å². The quantitative estimate of drug-likeness (QED) is 0.567. The molecule has 0 radical (unpaired) electrons. The van der Waals surface area contributed by atoms with E-state index in [0.29, 0.717) is 13.0 Å². The molecule has 1 fully saturated rings. The van der Waals surface area contributed by atoms with Crippen LogP contribution in [0.2, 0.25) is 0 Å². The highest BCUT2D eigenvalue weighted by Gasteiger charge is 2.32. The van der Waals surface area contributed by atoms with Crippen molar-refractivity contribution >= 4 is 10.0 Å². The van der Waals surface area contributed by atoms with Crippen LogP contribution in [0.3, 0.4) is 0 Å². The maximum Gasteiger partial charge on any atom is 0.214 e. The summed E-state index contributed by atoms with van der Waals surface area (Å²) in [5.74, 6) is 0. The van der Waals surface area contributed by atoms with E-state index in [1.54, 1.807) is 6.92 Å². The molecule has 1 saturated heterocycles. The maximum atomic E-state index is 10.7. The summed E-state index contributed by atoms with van der Waals surface area (Å²) in [6.45, 7) is 2.23. The van der Waals surface area contributed by atoms with Gasteiger partial charge in [0.15, 0.2) is 0 Å². The fourth-order valence-electron chi connectivity index (χ4n) is 1.14. The molecule has 10 heavy (non-hydrogen) atoms. The Bertz CT molecular complexity index is 211. The molecule has 0 saturated carbocycles. The van der Waals surface area contributed by atoms with Gasteiger partial charge in [0.25, 0.3) is 0 Å². The summed E-state index contributed by atoms with van der Waals surface area (Å²) in [6, 6.07) is 0. The lowest BCUT2D eigenvalue weighted by Gasteiger charge is -2.09. The van der Waals surface area contributed by atoms with E-state index in [1.807, 2.05) is 0 Å². The minimum atomic E-state index is -3.38. The number of rotatable bonds is 1. The van der Waals surface area contributed by atoms with E-state index in [0.717, 1.165) is 0 Å². The molecule has 0 unspecified atom stereocenters. The zero-order chi connectivity index (χ0) is 7.78. The van der Waals surface area contributed by atoms with Crippen LogP contribution in [-0.2, 0) is 14.8 Å². The highest BCUT2D eigenvalue weighted by molar-refractivity contribution is 7.89. The minimum absolute atomic E-state index is 0.241. The van der Waals surface area contributed by atoms with Crippen LogP contribution in [0.15, 0.2) is 0 Å². The van der Waals surface area contributed by atoms with Crippen molar-refractivity contribution in [2.24, 2.45) is 5.14 Å². The molecule has 0 aromatic carbocycles. The van der Waals surface area contributed by atoms with Crippen molar-refractivity contribution in [3.63, 3.8) is 0 Å². The van der Waals surface area contributed by atoms with Gasteiger partial charge in [0.2, 0.25) is 10.0 Å². The third-order valence-electron chi connectivity index (χ3n) is 1.73. The second-order valence-corrected chi connectivity index (χ2v) is 4.28. The Morgan fingerprint density at radius 3 is 2.40 bits per heavy atom. The molecule has 0 amide bonds. The second kappa shape index (κ2) is 2.48. The number of ether oxygens (including phenoxy) is 1. The van der Waals surface area contributed by atoms with Gasteiger partial charge < -0.3 is 4.74 Å². The number of primary sulfonamides is 1. The third-order valence-corrected chi connectivity index (χ3v) is 3.19. The molecule has 2 atom stereocenters. The van der Waals surface area contributed by atoms with Crippen molar-refractivity contribution in [2.45, 2.75) is 24.7 Å². The van der Waals surface area contributed by atoms with E-state index < -0.39 is 15.3 Å². The smallest absolute Gasteiger partial charge is 0.214 e. The predicted octanol–water partition coefficient (Wildman–Crippen LogP) is -0.548. The van der Waals surface area contributed by atoms with Gasteiger partial charge in [0.1, 0.15) is 5.25 Å². The van der Waals surface area contributed by atoms with Crippen molar-refractivity contribution in [3.05, 3.63) is 0 Å². The van der Waals surface area contributed by atoms with Crippen molar-refractivity contribution in [1.29, 1.82) is 0 Å². The lowest BCUT2D eigenvalue weighted by molar-refractivity contribution is 0.126. The number of nitrogens with two attached hydrogens (primary N) is 1. The Kier molecular flexibility index (Phi) is 1.98. The molecular formula is C5H11NO3S. The van der Waals surface area contributed by atoms with Crippen molar-refractivity contribution < 1.29 is 13.2 Å². The molecule has 1 aliphatic rings. The first-order valence-corrected chi connectivity index (χ1v) is 4.76. The van der Waals surface area contributed by atoms with E-state index >= 15 is 0 Å². The Labute approximate surface area is 60.4 Å². The molecule has 0 bridgehead atoms. The van der Waals surface area contributed by atoms with Gasteiger partial charge in [-0.2, -0.15) is 0 Å². The summed E-state index contributed by atoms with van der Waals surface area (Å²) in [7, 11) is -3.38. The van der Waals surface area contributed by atoms with Gasteiger partial charge >= 0.3 is 0 Å². The Balaban J connectivity index is 2.74. The lowest BCUT2D eigenvalue weighted by Crippen LogP contribution is -2.33. The van der Waals surface area contributed by atoms with Gasteiger partial charge in [-0.1, -0.05) is 0 Å². The number of sulfonamides is 1. The van der Waals surface area contributed by atoms with Gasteiger partial charge in [0.05, 0.1) is 6.10 Å². The fourth-order valence-corrected chi connectivity index (χ4v) is 2.18. The Morgan fingerprint density at radius 1 is 1.60 bits per heavy atom. The molecule has 0 aromatic rings. The second-order valence-electron chi connectivity index (χ2n) is 2.49.